The lowest BCUT2D eigenvalue weighted by atomic mass is 10.1. The normalized spacial score (nSPS) is 14.4. The van der Waals surface area contributed by atoms with Crippen molar-refractivity contribution in [2.45, 2.75) is 26.4 Å². The van der Waals surface area contributed by atoms with E-state index in [1.807, 2.05) is 13.8 Å². The van der Waals surface area contributed by atoms with Gasteiger partial charge in [-0.2, -0.15) is 5.10 Å². The van der Waals surface area contributed by atoms with Crippen LogP contribution in [0.25, 0.3) is 0 Å². The molecule has 2 unspecified atom stereocenters. The van der Waals surface area contributed by atoms with Crippen LogP contribution < -0.4 is 11.1 Å². The molecule has 0 aliphatic rings. The first kappa shape index (κ1) is 12.5. The fraction of sp³-hybridized carbons (Fsp3) is 0.600. The molecule has 0 spiro atoms. The highest BCUT2D eigenvalue weighted by atomic mass is 16.3. The summed E-state index contributed by atoms with van der Waals surface area (Å²) >= 11 is 0. The van der Waals surface area contributed by atoms with Gasteiger partial charge in [-0.05, 0) is 18.9 Å². The SMILES string of the molecule is CC(CO)C(C)NC(=O)Cn1ccc(N)n1. The van der Waals surface area contributed by atoms with Gasteiger partial charge in [0.05, 0.1) is 0 Å². The van der Waals surface area contributed by atoms with Gasteiger partial charge in [-0.15, -0.1) is 0 Å². The second kappa shape index (κ2) is 5.50. The largest absolute Gasteiger partial charge is 0.396 e. The van der Waals surface area contributed by atoms with Gasteiger partial charge in [0, 0.05) is 18.8 Å². The second-order valence-corrected chi connectivity index (χ2v) is 3.95. The minimum Gasteiger partial charge on any atom is -0.396 e. The molecule has 0 aliphatic heterocycles. The summed E-state index contributed by atoms with van der Waals surface area (Å²) in [6, 6.07) is 1.57. The summed E-state index contributed by atoms with van der Waals surface area (Å²) in [5.41, 5.74) is 5.43. The van der Waals surface area contributed by atoms with Gasteiger partial charge >= 0.3 is 0 Å². The summed E-state index contributed by atoms with van der Waals surface area (Å²) in [4.78, 5) is 11.6. The number of hydrogen-bond donors (Lipinski definition) is 3. The molecule has 0 aromatic carbocycles. The van der Waals surface area contributed by atoms with Crippen LogP contribution in [0.2, 0.25) is 0 Å². The minimum absolute atomic E-state index is 0.0339. The van der Waals surface area contributed by atoms with Crippen LogP contribution in [0.3, 0.4) is 0 Å². The first-order valence-corrected chi connectivity index (χ1v) is 5.22. The van der Waals surface area contributed by atoms with Gasteiger partial charge in [0.1, 0.15) is 12.4 Å². The Morgan fingerprint density at radius 2 is 2.38 bits per heavy atom. The van der Waals surface area contributed by atoms with Gasteiger partial charge in [0.15, 0.2) is 0 Å². The fourth-order valence-corrected chi connectivity index (χ4v) is 1.21. The average molecular weight is 226 g/mol. The molecule has 0 aliphatic carbocycles. The third kappa shape index (κ3) is 3.54. The molecule has 16 heavy (non-hydrogen) atoms. The van der Waals surface area contributed by atoms with Crippen molar-refractivity contribution in [1.29, 1.82) is 0 Å². The molecule has 2 atom stereocenters. The number of nitrogens with one attached hydrogen (secondary N) is 1. The second-order valence-electron chi connectivity index (χ2n) is 3.95. The predicted octanol–water partition coefficient (Wildman–Crippen LogP) is -0.402. The standard InChI is InChI=1S/C10H18N4O2/c1-7(6-15)8(2)12-10(16)5-14-4-3-9(11)13-14/h3-4,7-8,15H,5-6H2,1-2H3,(H2,11,13)(H,12,16). The fourth-order valence-electron chi connectivity index (χ4n) is 1.21. The van der Waals surface area contributed by atoms with Crippen LogP contribution in [0, 0.1) is 5.92 Å². The number of rotatable bonds is 5. The number of nitrogen functional groups attached to an aromatic ring is 1. The molecule has 90 valence electrons. The zero-order valence-corrected chi connectivity index (χ0v) is 9.55. The van der Waals surface area contributed by atoms with E-state index in [1.165, 1.54) is 4.68 Å². The van der Waals surface area contributed by atoms with Crippen LogP contribution in [0.5, 0.6) is 0 Å². The zero-order valence-electron chi connectivity index (χ0n) is 9.55. The molecular formula is C10H18N4O2. The number of carbonyl (C=O) groups is 1. The summed E-state index contributed by atoms with van der Waals surface area (Å²) in [7, 11) is 0. The van der Waals surface area contributed by atoms with E-state index in [1.54, 1.807) is 12.3 Å². The Hall–Kier alpha value is -1.56. The summed E-state index contributed by atoms with van der Waals surface area (Å²) in [6.07, 6.45) is 1.65. The number of carbonyl (C=O) groups excluding carboxylic acids is 1. The van der Waals surface area contributed by atoms with Crippen molar-refractivity contribution in [3.63, 3.8) is 0 Å². The van der Waals surface area contributed by atoms with Gasteiger partial charge in [0.25, 0.3) is 0 Å². The third-order valence-electron chi connectivity index (χ3n) is 2.50. The van der Waals surface area contributed by atoms with Gasteiger partial charge < -0.3 is 16.2 Å². The molecule has 1 heterocycles. The molecule has 1 aromatic rings. The smallest absolute Gasteiger partial charge is 0.241 e. The van der Waals surface area contributed by atoms with Crippen LogP contribution >= 0.6 is 0 Å². The Bertz CT molecular complexity index is 350. The maximum atomic E-state index is 11.6. The highest BCUT2D eigenvalue weighted by Crippen LogP contribution is 2.01. The molecule has 0 bridgehead atoms. The topological polar surface area (TPSA) is 93.2 Å². The predicted molar refractivity (Wildman–Crippen MR) is 60.5 cm³/mol. The molecule has 6 nitrogen and oxygen atoms in total. The number of hydrogen-bond acceptors (Lipinski definition) is 4. The molecule has 0 saturated carbocycles. The van der Waals surface area contributed by atoms with E-state index in [9.17, 15) is 4.79 Å². The maximum Gasteiger partial charge on any atom is 0.241 e. The summed E-state index contributed by atoms with van der Waals surface area (Å²) in [6.45, 7) is 3.92. The van der Waals surface area contributed by atoms with Gasteiger partial charge in [-0.3, -0.25) is 9.48 Å². The summed E-state index contributed by atoms with van der Waals surface area (Å²) in [5, 5.41) is 15.6. The highest BCUT2D eigenvalue weighted by Gasteiger charge is 2.14. The van der Waals surface area contributed by atoms with Crippen molar-refractivity contribution in [2.75, 3.05) is 12.3 Å². The van der Waals surface area contributed by atoms with Gasteiger partial charge in [0.2, 0.25) is 5.91 Å². The van der Waals surface area contributed by atoms with Crippen molar-refractivity contribution in [3.8, 4) is 0 Å². The van der Waals surface area contributed by atoms with E-state index in [4.69, 9.17) is 10.8 Å². The van der Waals surface area contributed by atoms with E-state index >= 15 is 0 Å². The van der Waals surface area contributed by atoms with E-state index in [-0.39, 0.29) is 31.0 Å². The number of amides is 1. The number of nitrogens with zero attached hydrogens (tertiary/aromatic N) is 2. The average Bonchev–Trinajstić information content (AvgIpc) is 2.62. The van der Waals surface area contributed by atoms with E-state index in [2.05, 4.69) is 10.4 Å². The Morgan fingerprint density at radius 3 is 2.88 bits per heavy atom. The molecule has 0 saturated heterocycles. The van der Waals surface area contributed by atoms with Crippen molar-refractivity contribution in [3.05, 3.63) is 12.3 Å². The lowest BCUT2D eigenvalue weighted by Gasteiger charge is -2.19. The van der Waals surface area contributed by atoms with Crippen molar-refractivity contribution < 1.29 is 9.90 Å². The van der Waals surface area contributed by atoms with Crippen LogP contribution in [-0.2, 0) is 11.3 Å². The quantitative estimate of drug-likeness (QED) is 0.636. The van der Waals surface area contributed by atoms with Gasteiger partial charge in [-0.1, -0.05) is 6.92 Å². The monoisotopic (exact) mass is 226 g/mol. The Kier molecular flexibility index (Phi) is 4.30. The molecule has 1 aromatic heterocycles. The molecule has 0 radical (unpaired) electrons. The first-order valence-electron chi connectivity index (χ1n) is 5.22. The summed E-state index contributed by atoms with van der Waals surface area (Å²) in [5.74, 6) is 0.284. The first-order chi connectivity index (χ1) is 7.52. The van der Waals surface area contributed by atoms with Crippen LogP contribution in [-0.4, -0.2) is 33.4 Å². The number of aliphatic hydroxyl groups excluding tert-OH is 1. The van der Waals surface area contributed by atoms with E-state index < -0.39 is 0 Å². The van der Waals surface area contributed by atoms with Crippen molar-refractivity contribution in [2.24, 2.45) is 5.92 Å². The van der Waals surface area contributed by atoms with Crippen molar-refractivity contribution >= 4 is 11.7 Å². The molecular weight excluding hydrogens is 208 g/mol. The number of aliphatic hydroxyl groups is 1. The van der Waals surface area contributed by atoms with Crippen molar-refractivity contribution in [1.82, 2.24) is 15.1 Å². The number of aromatic nitrogens is 2. The Morgan fingerprint density at radius 1 is 1.69 bits per heavy atom. The van der Waals surface area contributed by atoms with E-state index in [0.717, 1.165) is 0 Å². The molecule has 0 fully saturated rings. The van der Waals surface area contributed by atoms with Crippen LogP contribution in [0.1, 0.15) is 13.8 Å². The highest BCUT2D eigenvalue weighted by molar-refractivity contribution is 5.75. The lowest BCUT2D eigenvalue weighted by Crippen LogP contribution is -2.40. The maximum absolute atomic E-state index is 11.6. The molecule has 1 amide bonds. The van der Waals surface area contributed by atoms with E-state index in [0.29, 0.717) is 5.82 Å². The molecule has 6 heteroatoms. The summed E-state index contributed by atoms with van der Waals surface area (Å²) < 4.78 is 1.47. The third-order valence-corrected chi connectivity index (χ3v) is 2.50. The minimum atomic E-state index is -0.143. The lowest BCUT2D eigenvalue weighted by molar-refractivity contribution is -0.122. The molecule has 1 rings (SSSR count). The number of nitrogens with two attached hydrogens (primary N) is 1. The molecule has 4 N–H and O–H groups in total. The van der Waals surface area contributed by atoms with Crippen LogP contribution in [0.15, 0.2) is 12.3 Å². The van der Waals surface area contributed by atoms with Gasteiger partial charge in [-0.25, -0.2) is 0 Å². The van der Waals surface area contributed by atoms with Crippen LogP contribution in [0.4, 0.5) is 5.82 Å². The zero-order chi connectivity index (χ0) is 12.1. The Balaban J connectivity index is 2.42. The number of anilines is 1. The Labute approximate surface area is 94.4 Å².